The Morgan fingerprint density at radius 2 is 2.06 bits per heavy atom. The van der Waals surface area contributed by atoms with Crippen LogP contribution in [0.25, 0.3) is 0 Å². The zero-order chi connectivity index (χ0) is 11.4. The summed E-state index contributed by atoms with van der Waals surface area (Å²) in [5.41, 5.74) is 6.00. The largest absolute Gasteiger partial charge is 0.489 e. The molecule has 0 spiro atoms. The van der Waals surface area contributed by atoms with Crippen molar-refractivity contribution in [1.29, 1.82) is 0 Å². The lowest BCUT2D eigenvalue weighted by atomic mass is 10.2. The van der Waals surface area contributed by atoms with Gasteiger partial charge < -0.3 is 10.5 Å². The van der Waals surface area contributed by atoms with Gasteiger partial charge in [-0.25, -0.2) is 9.37 Å². The fourth-order valence-corrected chi connectivity index (χ4v) is 1.29. The average Bonchev–Trinajstić information content (AvgIpc) is 2.28. The predicted octanol–water partition coefficient (Wildman–Crippen LogP) is 2.38. The molecule has 2 N–H and O–H groups in total. The third-order valence-electron chi connectivity index (χ3n) is 2.10. The smallest absolute Gasteiger partial charge is 0.129 e. The first-order valence-electron chi connectivity index (χ1n) is 4.83. The number of halogens is 1. The van der Waals surface area contributed by atoms with Gasteiger partial charge in [0, 0.05) is 17.8 Å². The number of benzene rings is 1. The Morgan fingerprint density at radius 1 is 1.25 bits per heavy atom. The van der Waals surface area contributed by atoms with Crippen molar-refractivity contribution in [3.8, 4) is 5.75 Å². The van der Waals surface area contributed by atoms with E-state index in [2.05, 4.69) is 4.98 Å². The number of nitrogens with two attached hydrogens (primary N) is 1. The lowest BCUT2D eigenvalue weighted by Gasteiger charge is -2.06. The number of aromatic nitrogens is 1. The number of ether oxygens (including phenoxy) is 1. The second-order valence-corrected chi connectivity index (χ2v) is 3.30. The molecule has 16 heavy (non-hydrogen) atoms. The number of anilines is 1. The Labute approximate surface area is 92.7 Å². The zero-order valence-electron chi connectivity index (χ0n) is 8.56. The van der Waals surface area contributed by atoms with Crippen LogP contribution < -0.4 is 10.5 Å². The molecule has 0 aliphatic carbocycles. The van der Waals surface area contributed by atoms with Crippen molar-refractivity contribution < 1.29 is 9.13 Å². The fourth-order valence-electron chi connectivity index (χ4n) is 1.29. The van der Waals surface area contributed by atoms with E-state index in [-0.39, 0.29) is 12.4 Å². The fraction of sp³-hybridized carbons (Fsp3) is 0.0833. The maximum Gasteiger partial charge on any atom is 0.129 e. The van der Waals surface area contributed by atoms with E-state index in [0.717, 1.165) is 0 Å². The van der Waals surface area contributed by atoms with Crippen LogP contribution in [-0.4, -0.2) is 4.98 Å². The average molecular weight is 218 g/mol. The van der Waals surface area contributed by atoms with E-state index in [0.29, 0.717) is 17.1 Å². The van der Waals surface area contributed by atoms with Gasteiger partial charge in [0.25, 0.3) is 0 Å². The quantitative estimate of drug-likeness (QED) is 0.860. The Balaban J connectivity index is 2.05. The maximum absolute atomic E-state index is 13.3. The first-order chi connectivity index (χ1) is 7.75. The molecule has 0 radical (unpaired) electrons. The maximum atomic E-state index is 13.3. The van der Waals surface area contributed by atoms with Crippen molar-refractivity contribution in [1.82, 2.24) is 4.98 Å². The van der Waals surface area contributed by atoms with Crippen molar-refractivity contribution in [3.63, 3.8) is 0 Å². The number of hydrogen-bond donors (Lipinski definition) is 1. The van der Waals surface area contributed by atoms with Gasteiger partial charge in [-0.15, -0.1) is 0 Å². The molecular weight excluding hydrogens is 207 g/mol. The molecule has 1 aromatic heterocycles. The number of nitrogen functional groups attached to an aromatic ring is 1. The summed E-state index contributed by atoms with van der Waals surface area (Å²) in [6.45, 7) is 0.177. The second kappa shape index (κ2) is 4.61. The van der Waals surface area contributed by atoms with E-state index in [4.69, 9.17) is 10.5 Å². The van der Waals surface area contributed by atoms with Crippen LogP contribution >= 0.6 is 0 Å². The normalized spacial score (nSPS) is 10.1. The van der Waals surface area contributed by atoms with Gasteiger partial charge in [0.2, 0.25) is 0 Å². The van der Waals surface area contributed by atoms with Crippen LogP contribution in [-0.2, 0) is 6.61 Å². The van der Waals surface area contributed by atoms with E-state index >= 15 is 0 Å². The first-order valence-corrected chi connectivity index (χ1v) is 4.83. The highest BCUT2D eigenvalue weighted by Crippen LogP contribution is 2.15. The highest BCUT2D eigenvalue weighted by molar-refractivity contribution is 5.35. The van der Waals surface area contributed by atoms with Crippen LogP contribution in [0.2, 0.25) is 0 Å². The van der Waals surface area contributed by atoms with Crippen LogP contribution in [0.4, 0.5) is 10.2 Å². The summed E-state index contributed by atoms with van der Waals surface area (Å²) in [7, 11) is 0. The molecule has 0 aliphatic heterocycles. The summed E-state index contributed by atoms with van der Waals surface area (Å²) >= 11 is 0. The highest BCUT2D eigenvalue weighted by Gasteiger charge is 2.01. The monoisotopic (exact) mass is 218 g/mol. The zero-order valence-corrected chi connectivity index (χ0v) is 8.56. The lowest BCUT2D eigenvalue weighted by Crippen LogP contribution is -1.99. The highest BCUT2D eigenvalue weighted by atomic mass is 19.1. The molecule has 0 bridgehead atoms. The minimum absolute atomic E-state index is 0.177. The minimum Gasteiger partial charge on any atom is -0.489 e. The Kier molecular flexibility index (Phi) is 3.00. The molecule has 0 atom stereocenters. The molecule has 0 amide bonds. The van der Waals surface area contributed by atoms with Crippen LogP contribution in [0.5, 0.6) is 5.75 Å². The predicted molar refractivity (Wildman–Crippen MR) is 59.4 cm³/mol. The number of rotatable bonds is 3. The molecule has 2 aromatic rings. The molecule has 4 heteroatoms. The van der Waals surface area contributed by atoms with E-state index in [1.807, 2.05) is 0 Å². The Morgan fingerprint density at radius 3 is 2.81 bits per heavy atom. The molecule has 2 rings (SSSR count). The molecule has 3 nitrogen and oxygen atoms in total. The van der Waals surface area contributed by atoms with Gasteiger partial charge in [-0.05, 0) is 12.1 Å². The van der Waals surface area contributed by atoms with Crippen molar-refractivity contribution >= 4 is 5.82 Å². The van der Waals surface area contributed by atoms with E-state index < -0.39 is 0 Å². The molecule has 82 valence electrons. The standard InChI is InChI=1S/C12H11FN2O/c13-11-4-2-1-3-9(11)8-16-10-5-6-15-12(14)7-10/h1-7H,8H2,(H2,14,15). The van der Waals surface area contributed by atoms with Gasteiger partial charge >= 0.3 is 0 Å². The minimum atomic E-state index is -0.274. The van der Waals surface area contributed by atoms with Crippen LogP contribution in [0.3, 0.4) is 0 Å². The van der Waals surface area contributed by atoms with Gasteiger partial charge in [-0.2, -0.15) is 0 Å². The topological polar surface area (TPSA) is 48.1 Å². The van der Waals surface area contributed by atoms with Crippen molar-refractivity contribution in [2.24, 2.45) is 0 Å². The number of nitrogens with zero attached hydrogens (tertiary/aromatic N) is 1. The van der Waals surface area contributed by atoms with Gasteiger partial charge in [-0.1, -0.05) is 18.2 Å². The molecule has 1 aromatic carbocycles. The SMILES string of the molecule is Nc1cc(OCc2ccccc2F)ccn1. The van der Waals surface area contributed by atoms with Crippen molar-refractivity contribution in [2.45, 2.75) is 6.61 Å². The summed E-state index contributed by atoms with van der Waals surface area (Å²) in [5, 5.41) is 0. The van der Waals surface area contributed by atoms with Crippen molar-refractivity contribution in [3.05, 3.63) is 54.0 Å². The molecule has 0 fully saturated rings. The lowest BCUT2D eigenvalue weighted by molar-refractivity contribution is 0.300. The molecule has 1 heterocycles. The van der Waals surface area contributed by atoms with Gasteiger partial charge in [0.1, 0.15) is 24.0 Å². The third kappa shape index (κ3) is 2.48. The van der Waals surface area contributed by atoms with E-state index in [1.165, 1.54) is 6.07 Å². The summed E-state index contributed by atoms with van der Waals surface area (Å²) < 4.78 is 18.6. The van der Waals surface area contributed by atoms with Crippen LogP contribution in [0, 0.1) is 5.82 Å². The van der Waals surface area contributed by atoms with Gasteiger partial charge in [-0.3, -0.25) is 0 Å². The van der Waals surface area contributed by atoms with Crippen LogP contribution in [0.15, 0.2) is 42.6 Å². The molecule has 0 unspecified atom stereocenters. The second-order valence-electron chi connectivity index (χ2n) is 3.30. The summed E-state index contributed by atoms with van der Waals surface area (Å²) in [4.78, 5) is 3.84. The first kappa shape index (κ1) is 10.4. The van der Waals surface area contributed by atoms with E-state index in [1.54, 1.807) is 36.5 Å². The molecule has 0 saturated heterocycles. The summed E-state index contributed by atoms with van der Waals surface area (Å²) in [6, 6.07) is 9.77. The van der Waals surface area contributed by atoms with E-state index in [9.17, 15) is 4.39 Å². The molecular formula is C12H11FN2O. The molecule has 0 aliphatic rings. The summed E-state index contributed by atoms with van der Waals surface area (Å²) in [6.07, 6.45) is 1.55. The van der Waals surface area contributed by atoms with Crippen LogP contribution in [0.1, 0.15) is 5.56 Å². The number of hydrogen-bond acceptors (Lipinski definition) is 3. The number of pyridine rings is 1. The van der Waals surface area contributed by atoms with Gasteiger partial charge in [0.05, 0.1) is 0 Å². The van der Waals surface area contributed by atoms with Crippen molar-refractivity contribution in [2.75, 3.05) is 5.73 Å². The molecule has 0 saturated carbocycles. The Bertz CT molecular complexity index is 488. The third-order valence-corrected chi connectivity index (χ3v) is 2.10. The summed E-state index contributed by atoms with van der Waals surface area (Å²) in [5.74, 6) is 0.686. The van der Waals surface area contributed by atoms with Gasteiger partial charge in [0.15, 0.2) is 0 Å². The Hall–Kier alpha value is -2.10.